The van der Waals surface area contributed by atoms with E-state index in [-0.39, 0.29) is 29.4 Å². The third-order valence-electron chi connectivity index (χ3n) is 6.37. The second-order valence-corrected chi connectivity index (χ2v) is 10.6. The molecule has 0 bridgehead atoms. The molecular formula is C24H33ClN4O5. The van der Waals surface area contributed by atoms with Crippen molar-refractivity contribution in [3.05, 3.63) is 55.8 Å². The first-order chi connectivity index (χ1) is 15.9. The van der Waals surface area contributed by atoms with Crippen molar-refractivity contribution < 1.29 is 15.0 Å². The van der Waals surface area contributed by atoms with Crippen LogP contribution < -0.4 is 16.6 Å². The van der Waals surface area contributed by atoms with Crippen LogP contribution in [0, 0.1) is 5.41 Å². The van der Waals surface area contributed by atoms with Gasteiger partial charge >= 0.3 is 5.69 Å². The molecule has 3 N–H and O–H groups in total. The number of carbonyl (C=O) groups excluding carboxylic acids is 1. The van der Waals surface area contributed by atoms with Gasteiger partial charge in [0, 0.05) is 6.54 Å². The maximum Gasteiger partial charge on any atom is 0.352 e. The number of hydrogen-bond acceptors (Lipinski definition) is 6. The fourth-order valence-corrected chi connectivity index (χ4v) is 4.15. The number of rotatable bonds is 6. The Kier molecular flexibility index (Phi) is 8.00. The Balaban J connectivity index is 1.87. The van der Waals surface area contributed by atoms with Crippen LogP contribution in [0.2, 0.25) is 5.02 Å². The summed E-state index contributed by atoms with van der Waals surface area (Å²) >= 11 is 6.26. The second kappa shape index (κ2) is 10.4. The summed E-state index contributed by atoms with van der Waals surface area (Å²) in [6, 6.07) is 4.40. The van der Waals surface area contributed by atoms with E-state index in [1.807, 2.05) is 0 Å². The monoisotopic (exact) mass is 492 g/mol. The van der Waals surface area contributed by atoms with Crippen LogP contribution in [0.25, 0.3) is 5.69 Å². The van der Waals surface area contributed by atoms with E-state index in [0.29, 0.717) is 12.8 Å². The van der Waals surface area contributed by atoms with Gasteiger partial charge in [0.2, 0.25) is 0 Å². The van der Waals surface area contributed by atoms with Gasteiger partial charge < -0.3 is 15.5 Å². The number of carbonyl (C=O) groups is 1. The van der Waals surface area contributed by atoms with Crippen LogP contribution in [0.5, 0.6) is 0 Å². The molecule has 0 radical (unpaired) electrons. The highest BCUT2D eigenvalue weighted by atomic mass is 35.5. The number of halogens is 1. The number of nitrogens with one attached hydrogen (secondary N) is 1. The number of aromatic nitrogens is 3. The Bertz CT molecular complexity index is 1140. The smallest absolute Gasteiger partial charge is 0.352 e. The lowest BCUT2D eigenvalue weighted by Gasteiger charge is -2.27. The topological polar surface area (TPSA) is 126 Å². The van der Waals surface area contributed by atoms with Crippen LogP contribution in [0.1, 0.15) is 69.7 Å². The van der Waals surface area contributed by atoms with Crippen molar-refractivity contribution in [2.24, 2.45) is 5.41 Å². The Morgan fingerprint density at radius 2 is 1.85 bits per heavy atom. The van der Waals surface area contributed by atoms with Crippen molar-refractivity contribution in [2.75, 3.05) is 6.54 Å². The van der Waals surface area contributed by atoms with Crippen molar-refractivity contribution in [3.63, 3.8) is 0 Å². The number of aliphatic hydroxyl groups is 2. The van der Waals surface area contributed by atoms with E-state index >= 15 is 0 Å². The first-order valence-corrected chi connectivity index (χ1v) is 12.0. The molecule has 10 heteroatoms. The van der Waals surface area contributed by atoms with Crippen molar-refractivity contribution in [1.29, 1.82) is 0 Å². The zero-order valence-electron chi connectivity index (χ0n) is 19.9. The van der Waals surface area contributed by atoms with E-state index < -0.39 is 34.3 Å². The van der Waals surface area contributed by atoms with Crippen molar-refractivity contribution in [1.82, 2.24) is 19.7 Å². The lowest BCUT2D eigenvalue weighted by molar-refractivity contribution is 0.0246. The summed E-state index contributed by atoms with van der Waals surface area (Å²) in [6.07, 6.45) is 5.28. The van der Waals surface area contributed by atoms with Gasteiger partial charge in [-0.1, -0.05) is 58.1 Å². The van der Waals surface area contributed by atoms with E-state index in [1.54, 1.807) is 20.8 Å². The van der Waals surface area contributed by atoms with Gasteiger partial charge in [0.25, 0.3) is 11.5 Å². The van der Waals surface area contributed by atoms with Gasteiger partial charge in [-0.05, 0) is 36.5 Å². The normalized spacial score (nSPS) is 17.1. The summed E-state index contributed by atoms with van der Waals surface area (Å²) in [7, 11) is 0. The lowest BCUT2D eigenvalue weighted by Crippen LogP contribution is -2.45. The summed E-state index contributed by atoms with van der Waals surface area (Å²) < 4.78 is 1.90. The van der Waals surface area contributed by atoms with Gasteiger partial charge in [0.15, 0.2) is 0 Å². The molecule has 186 valence electrons. The Morgan fingerprint density at radius 3 is 2.47 bits per heavy atom. The SMILES string of the molecule is CC(C)(C)C(O)Cn1c(=O)cnn(-c2ccc(Cl)c(C(=O)NCC3(O)CCCCCC3)c2)c1=O. The molecule has 1 aliphatic rings. The summed E-state index contributed by atoms with van der Waals surface area (Å²) in [5.41, 5.74) is -2.49. The summed E-state index contributed by atoms with van der Waals surface area (Å²) in [6.45, 7) is 5.33. The zero-order valence-corrected chi connectivity index (χ0v) is 20.6. The molecule has 1 aromatic carbocycles. The first kappa shape index (κ1) is 26.1. The van der Waals surface area contributed by atoms with E-state index in [1.165, 1.54) is 18.2 Å². The van der Waals surface area contributed by atoms with E-state index in [0.717, 1.165) is 41.1 Å². The third-order valence-corrected chi connectivity index (χ3v) is 6.70. The predicted molar refractivity (Wildman–Crippen MR) is 130 cm³/mol. The van der Waals surface area contributed by atoms with Crippen LogP contribution in [0.3, 0.4) is 0 Å². The minimum Gasteiger partial charge on any atom is -0.391 e. The van der Waals surface area contributed by atoms with Crippen LogP contribution >= 0.6 is 11.6 Å². The maximum atomic E-state index is 13.0. The molecule has 1 fully saturated rings. The highest BCUT2D eigenvalue weighted by Crippen LogP contribution is 2.27. The van der Waals surface area contributed by atoms with Gasteiger partial charge in [0.1, 0.15) is 6.20 Å². The van der Waals surface area contributed by atoms with Crippen molar-refractivity contribution in [2.45, 2.75) is 77.5 Å². The lowest BCUT2D eigenvalue weighted by atomic mass is 9.89. The van der Waals surface area contributed by atoms with Crippen LogP contribution in [0.4, 0.5) is 0 Å². The Hall–Kier alpha value is -2.49. The molecule has 1 aromatic heterocycles. The average molecular weight is 493 g/mol. The highest BCUT2D eigenvalue weighted by Gasteiger charge is 2.29. The summed E-state index contributed by atoms with van der Waals surface area (Å²) in [4.78, 5) is 38.2. The van der Waals surface area contributed by atoms with Crippen LogP contribution in [-0.2, 0) is 6.54 Å². The number of nitrogens with zero attached hydrogens (tertiary/aromatic N) is 3. The molecular weight excluding hydrogens is 460 g/mol. The third kappa shape index (κ3) is 6.14. The first-order valence-electron chi connectivity index (χ1n) is 11.6. The number of benzene rings is 1. The molecule has 1 heterocycles. The van der Waals surface area contributed by atoms with E-state index in [2.05, 4.69) is 10.4 Å². The molecule has 2 aromatic rings. The van der Waals surface area contributed by atoms with E-state index in [4.69, 9.17) is 11.6 Å². The maximum absolute atomic E-state index is 13.0. The molecule has 1 saturated carbocycles. The van der Waals surface area contributed by atoms with Gasteiger partial charge in [-0.2, -0.15) is 9.78 Å². The molecule has 9 nitrogen and oxygen atoms in total. The summed E-state index contributed by atoms with van der Waals surface area (Å²) in [5.74, 6) is -0.478. The average Bonchev–Trinajstić information content (AvgIpc) is 2.99. The number of aliphatic hydroxyl groups excluding tert-OH is 1. The largest absolute Gasteiger partial charge is 0.391 e. The zero-order chi connectivity index (χ0) is 25.1. The minimum absolute atomic E-state index is 0.111. The van der Waals surface area contributed by atoms with Crippen molar-refractivity contribution >= 4 is 17.5 Å². The highest BCUT2D eigenvalue weighted by molar-refractivity contribution is 6.33. The molecule has 0 saturated heterocycles. The van der Waals surface area contributed by atoms with E-state index in [9.17, 15) is 24.6 Å². The molecule has 1 unspecified atom stereocenters. The number of amides is 1. The second-order valence-electron chi connectivity index (χ2n) is 10.2. The fraction of sp³-hybridized carbons (Fsp3) is 0.583. The van der Waals surface area contributed by atoms with Gasteiger partial charge in [-0.3, -0.25) is 14.2 Å². The molecule has 3 rings (SSSR count). The molecule has 1 atom stereocenters. The molecule has 0 spiro atoms. The number of hydrogen-bond donors (Lipinski definition) is 3. The predicted octanol–water partition coefficient (Wildman–Crippen LogP) is 2.27. The molecule has 1 amide bonds. The molecule has 1 aliphatic carbocycles. The Labute approximate surface area is 203 Å². The molecule has 0 aliphatic heterocycles. The standard InChI is InChI=1S/C24H33ClN4O5/c1-23(2,3)19(30)14-28-20(31)13-27-29(22(28)33)16-8-9-18(25)17(12-16)21(32)26-15-24(34)10-6-4-5-7-11-24/h8-9,12-13,19,30,34H,4-7,10-11,14-15H2,1-3H3,(H,26,32). The fourth-order valence-electron chi connectivity index (χ4n) is 3.95. The van der Waals surface area contributed by atoms with Gasteiger partial charge in [-0.25, -0.2) is 4.79 Å². The summed E-state index contributed by atoms with van der Waals surface area (Å²) in [5, 5.41) is 28.1. The van der Waals surface area contributed by atoms with Crippen molar-refractivity contribution in [3.8, 4) is 5.69 Å². The minimum atomic E-state index is -0.946. The quantitative estimate of drug-likeness (QED) is 0.531. The van der Waals surface area contributed by atoms with Gasteiger partial charge in [0.05, 0.1) is 34.5 Å². The van der Waals surface area contributed by atoms with Gasteiger partial charge in [-0.15, -0.1) is 0 Å². The Morgan fingerprint density at radius 1 is 1.21 bits per heavy atom. The molecule has 34 heavy (non-hydrogen) atoms. The van der Waals surface area contributed by atoms with Crippen LogP contribution in [0.15, 0.2) is 34.0 Å². The van der Waals surface area contributed by atoms with Crippen LogP contribution in [-0.4, -0.2) is 48.7 Å².